The molecule has 68 valence electrons. The molecule has 0 bridgehead atoms. The maximum atomic E-state index is 11.5. The molecule has 0 aromatic rings. The lowest BCUT2D eigenvalue weighted by molar-refractivity contribution is -0.131. The number of carbonyl (C=O) groups is 1. The molecule has 2 aliphatic rings. The summed E-state index contributed by atoms with van der Waals surface area (Å²) in [5.41, 5.74) is 0. The van der Waals surface area contributed by atoms with E-state index in [0.717, 1.165) is 25.6 Å². The molecule has 2 heterocycles. The Labute approximate surface area is 73.1 Å². The van der Waals surface area contributed by atoms with Gasteiger partial charge in [0, 0.05) is 32.1 Å². The number of fused-ring (bicyclic) bond motifs is 1. The molecule has 2 aliphatic heterocycles. The normalized spacial score (nSPS) is 33.9. The summed E-state index contributed by atoms with van der Waals surface area (Å²) in [6.07, 6.45) is 1.85. The molecule has 2 rings (SSSR count). The van der Waals surface area contributed by atoms with E-state index in [2.05, 4.69) is 10.2 Å². The third-order valence-electron chi connectivity index (χ3n) is 3.07. The highest BCUT2D eigenvalue weighted by Gasteiger charge is 2.38. The Morgan fingerprint density at radius 3 is 3.17 bits per heavy atom. The molecule has 1 amide bonds. The molecule has 0 aliphatic carbocycles. The van der Waals surface area contributed by atoms with Gasteiger partial charge in [0.1, 0.15) is 0 Å². The Morgan fingerprint density at radius 1 is 1.58 bits per heavy atom. The van der Waals surface area contributed by atoms with Gasteiger partial charge >= 0.3 is 0 Å². The molecule has 0 spiro atoms. The van der Waals surface area contributed by atoms with Crippen LogP contribution < -0.4 is 5.32 Å². The van der Waals surface area contributed by atoms with Crippen molar-refractivity contribution in [3.8, 4) is 0 Å². The summed E-state index contributed by atoms with van der Waals surface area (Å²) in [6.45, 7) is 5.05. The van der Waals surface area contributed by atoms with Gasteiger partial charge in [-0.3, -0.25) is 4.79 Å². The van der Waals surface area contributed by atoms with Gasteiger partial charge in [0.05, 0.1) is 0 Å². The number of amides is 1. The minimum absolute atomic E-state index is 0.325. The number of likely N-dealkylation sites (tertiary alicyclic amines) is 1. The van der Waals surface area contributed by atoms with Crippen molar-refractivity contribution in [2.45, 2.75) is 25.8 Å². The SMILES string of the molecule is CCC(=O)N1CCC2CNCC21. The smallest absolute Gasteiger partial charge is 0.222 e. The highest BCUT2D eigenvalue weighted by molar-refractivity contribution is 5.76. The predicted octanol–water partition coefficient (Wildman–Crippen LogP) is 0.217. The van der Waals surface area contributed by atoms with E-state index in [0.29, 0.717) is 18.4 Å². The van der Waals surface area contributed by atoms with Crippen molar-refractivity contribution >= 4 is 5.91 Å². The van der Waals surface area contributed by atoms with Crippen molar-refractivity contribution in [2.75, 3.05) is 19.6 Å². The molecule has 2 fully saturated rings. The van der Waals surface area contributed by atoms with Crippen LogP contribution in [0.5, 0.6) is 0 Å². The van der Waals surface area contributed by atoms with Gasteiger partial charge in [-0.25, -0.2) is 0 Å². The van der Waals surface area contributed by atoms with Crippen LogP contribution in [-0.2, 0) is 4.79 Å². The van der Waals surface area contributed by atoms with Gasteiger partial charge in [-0.1, -0.05) is 6.92 Å². The van der Waals surface area contributed by atoms with Crippen LogP contribution >= 0.6 is 0 Å². The average Bonchev–Trinajstić information content (AvgIpc) is 2.62. The first-order valence-corrected chi connectivity index (χ1v) is 4.83. The molecular weight excluding hydrogens is 152 g/mol. The largest absolute Gasteiger partial charge is 0.338 e. The Kier molecular flexibility index (Phi) is 2.05. The lowest BCUT2D eigenvalue weighted by Gasteiger charge is -2.22. The molecule has 0 aromatic heterocycles. The molecule has 2 saturated heterocycles. The van der Waals surface area contributed by atoms with E-state index in [1.165, 1.54) is 6.42 Å². The third-order valence-corrected chi connectivity index (χ3v) is 3.07. The molecule has 3 nitrogen and oxygen atoms in total. The first-order valence-electron chi connectivity index (χ1n) is 4.83. The van der Waals surface area contributed by atoms with Gasteiger partial charge < -0.3 is 10.2 Å². The van der Waals surface area contributed by atoms with Crippen molar-refractivity contribution in [2.24, 2.45) is 5.92 Å². The fraction of sp³-hybridized carbons (Fsp3) is 0.889. The number of nitrogens with zero attached hydrogens (tertiary/aromatic N) is 1. The van der Waals surface area contributed by atoms with Gasteiger partial charge in [0.2, 0.25) is 5.91 Å². The summed E-state index contributed by atoms with van der Waals surface area (Å²) in [6, 6.07) is 0.512. The van der Waals surface area contributed by atoms with E-state index in [1.54, 1.807) is 0 Å². The molecule has 0 radical (unpaired) electrons. The van der Waals surface area contributed by atoms with Crippen LogP contribution in [0.2, 0.25) is 0 Å². The van der Waals surface area contributed by atoms with Crippen LogP contribution in [0.25, 0.3) is 0 Å². The van der Waals surface area contributed by atoms with Gasteiger partial charge in [0.15, 0.2) is 0 Å². The Balaban J connectivity index is 2.04. The second-order valence-electron chi connectivity index (χ2n) is 3.72. The molecule has 0 saturated carbocycles. The zero-order valence-corrected chi connectivity index (χ0v) is 7.55. The van der Waals surface area contributed by atoms with Gasteiger partial charge in [0.25, 0.3) is 0 Å². The van der Waals surface area contributed by atoms with Crippen molar-refractivity contribution in [1.82, 2.24) is 10.2 Å². The van der Waals surface area contributed by atoms with E-state index >= 15 is 0 Å². The van der Waals surface area contributed by atoms with E-state index in [4.69, 9.17) is 0 Å². The molecule has 2 atom stereocenters. The standard InChI is InChI=1S/C9H16N2O/c1-2-9(12)11-4-3-7-5-10-6-8(7)11/h7-8,10H,2-6H2,1H3. The lowest BCUT2D eigenvalue weighted by atomic mass is 10.1. The minimum atomic E-state index is 0.325. The fourth-order valence-electron chi connectivity index (χ4n) is 2.36. The van der Waals surface area contributed by atoms with Crippen molar-refractivity contribution < 1.29 is 4.79 Å². The minimum Gasteiger partial charge on any atom is -0.338 e. The zero-order chi connectivity index (χ0) is 8.55. The molecule has 1 N–H and O–H groups in total. The van der Waals surface area contributed by atoms with Crippen LogP contribution in [0, 0.1) is 5.92 Å². The van der Waals surface area contributed by atoms with Crippen LogP contribution in [0.4, 0.5) is 0 Å². The number of hydrogen-bond acceptors (Lipinski definition) is 2. The predicted molar refractivity (Wildman–Crippen MR) is 46.8 cm³/mol. The summed E-state index contributed by atoms with van der Waals surface area (Å²) in [4.78, 5) is 13.5. The van der Waals surface area contributed by atoms with Gasteiger partial charge in [-0.05, 0) is 12.3 Å². The number of nitrogens with one attached hydrogen (secondary N) is 1. The number of rotatable bonds is 1. The summed E-state index contributed by atoms with van der Waals surface area (Å²) in [7, 11) is 0. The van der Waals surface area contributed by atoms with E-state index in [-0.39, 0.29) is 0 Å². The second kappa shape index (κ2) is 3.05. The number of hydrogen-bond donors (Lipinski definition) is 1. The highest BCUT2D eigenvalue weighted by Crippen LogP contribution is 2.27. The summed E-state index contributed by atoms with van der Waals surface area (Å²) < 4.78 is 0. The third kappa shape index (κ3) is 1.12. The van der Waals surface area contributed by atoms with E-state index in [1.807, 2.05) is 6.92 Å². The highest BCUT2D eigenvalue weighted by atomic mass is 16.2. The average molecular weight is 168 g/mol. The second-order valence-corrected chi connectivity index (χ2v) is 3.72. The molecule has 2 unspecified atom stereocenters. The van der Waals surface area contributed by atoms with Crippen molar-refractivity contribution in [3.05, 3.63) is 0 Å². The zero-order valence-electron chi connectivity index (χ0n) is 7.55. The Morgan fingerprint density at radius 2 is 2.42 bits per heavy atom. The molecular formula is C9H16N2O. The maximum absolute atomic E-state index is 11.5. The van der Waals surface area contributed by atoms with Crippen LogP contribution in [-0.4, -0.2) is 36.5 Å². The monoisotopic (exact) mass is 168 g/mol. The van der Waals surface area contributed by atoms with Gasteiger partial charge in [-0.15, -0.1) is 0 Å². The quantitative estimate of drug-likeness (QED) is 0.607. The first-order chi connectivity index (χ1) is 5.83. The topological polar surface area (TPSA) is 32.3 Å². The van der Waals surface area contributed by atoms with Crippen LogP contribution in [0.3, 0.4) is 0 Å². The van der Waals surface area contributed by atoms with Crippen molar-refractivity contribution in [3.63, 3.8) is 0 Å². The van der Waals surface area contributed by atoms with E-state index in [9.17, 15) is 4.79 Å². The summed E-state index contributed by atoms with van der Waals surface area (Å²) in [5.74, 6) is 1.06. The van der Waals surface area contributed by atoms with E-state index < -0.39 is 0 Å². The molecule has 3 heteroatoms. The summed E-state index contributed by atoms with van der Waals surface area (Å²) >= 11 is 0. The first kappa shape index (κ1) is 8.05. The number of carbonyl (C=O) groups excluding carboxylic acids is 1. The van der Waals surface area contributed by atoms with Gasteiger partial charge in [-0.2, -0.15) is 0 Å². The summed E-state index contributed by atoms with van der Waals surface area (Å²) in [5, 5.41) is 3.34. The van der Waals surface area contributed by atoms with Crippen molar-refractivity contribution in [1.29, 1.82) is 0 Å². The molecule has 12 heavy (non-hydrogen) atoms. The van der Waals surface area contributed by atoms with Crippen LogP contribution in [0.1, 0.15) is 19.8 Å². The van der Waals surface area contributed by atoms with Crippen LogP contribution in [0.15, 0.2) is 0 Å². The lowest BCUT2D eigenvalue weighted by Crippen LogP contribution is -2.38. The fourth-order valence-corrected chi connectivity index (χ4v) is 2.36. The Bertz CT molecular complexity index is 193. The molecule has 0 aromatic carbocycles. The Hall–Kier alpha value is -0.570. The maximum Gasteiger partial charge on any atom is 0.222 e.